The Balaban J connectivity index is -0.0000000327. The van der Waals surface area contributed by atoms with E-state index >= 15 is 0 Å². The van der Waals surface area contributed by atoms with Crippen molar-refractivity contribution in [2.24, 2.45) is 0 Å². The predicted octanol–water partition coefficient (Wildman–Crippen LogP) is 1.95. The molecule has 0 spiro atoms. The van der Waals surface area contributed by atoms with E-state index in [0.29, 0.717) is 0 Å². The van der Waals surface area contributed by atoms with Gasteiger partial charge in [0.15, 0.2) is 0 Å². The first-order valence-corrected chi connectivity index (χ1v) is 2.97. The standard InChI is InChI=1S/C6H6S.5Y/c1-5-3-7-4-6(5)2;;;;;/h1-2H3;;;;;/q-2;;;;;. The van der Waals surface area contributed by atoms with Gasteiger partial charge in [0.25, 0.3) is 0 Å². The molecule has 0 saturated heterocycles. The maximum absolute atomic E-state index is 3.05. The summed E-state index contributed by atoms with van der Waals surface area (Å²) in [6.45, 7) is 4.09. The van der Waals surface area contributed by atoms with Crippen LogP contribution in [0.15, 0.2) is 0 Å². The molecule has 0 nitrogen and oxygen atoms in total. The number of rotatable bonds is 0. The zero-order valence-corrected chi connectivity index (χ0v) is 22.3. The van der Waals surface area contributed by atoms with Gasteiger partial charge in [-0.15, -0.1) is 6.92 Å². The van der Waals surface area contributed by atoms with Crippen LogP contribution in [-0.2, 0) is 164 Å². The molecule has 0 unspecified atom stereocenters. The van der Waals surface area contributed by atoms with Crippen molar-refractivity contribution in [3.8, 4) is 0 Å². The van der Waals surface area contributed by atoms with Crippen molar-refractivity contribution in [1.82, 2.24) is 0 Å². The van der Waals surface area contributed by atoms with Crippen molar-refractivity contribution in [3.05, 3.63) is 21.9 Å². The molecule has 53 valence electrons. The molecule has 6 heteroatoms. The molecule has 0 aliphatic heterocycles. The van der Waals surface area contributed by atoms with Crippen molar-refractivity contribution in [2.45, 2.75) is 13.8 Å². The first-order chi connectivity index (χ1) is 3.30. The summed E-state index contributed by atoms with van der Waals surface area (Å²) in [7, 11) is 0. The van der Waals surface area contributed by atoms with Crippen molar-refractivity contribution in [1.29, 1.82) is 0 Å². The average Bonchev–Trinajstić information content (AvgIpc) is 1.91. The quantitative estimate of drug-likeness (QED) is 0.431. The smallest absolute Gasteiger partial charge is 0 e. The third-order valence-electron chi connectivity index (χ3n) is 0.971. The van der Waals surface area contributed by atoms with Gasteiger partial charge in [-0.25, -0.2) is 0 Å². The Labute approximate surface area is 205 Å². The van der Waals surface area contributed by atoms with Gasteiger partial charge in [0.05, 0.1) is 0 Å². The van der Waals surface area contributed by atoms with Crippen LogP contribution in [0, 0.1) is 24.6 Å². The van der Waals surface area contributed by atoms with Crippen molar-refractivity contribution in [3.63, 3.8) is 0 Å². The minimum atomic E-state index is 0. The molecule has 0 aliphatic rings. The van der Waals surface area contributed by atoms with Crippen LogP contribution in [0.4, 0.5) is 0 Å². The molecule has 0 bridgehead atoms. The molecule has 12 heavy (non-hydrogen) atoms. The van der Waals surface area contributed by atoms with Gasteiger partial charge >= 0.3 is 0 Å². The van der Waals surface area contributed by atoms with Gasteiger partial charge in [-0.2, -0.15) is 0 Å². The Bertz CT molecular complexity index is 148. The molecule has 1 rings (SSSR count). The summed E-state index contributed by atoms with van der Waals surface area (Å²) in [6, 6.07) is 0. The molecular formula is C6H6SY5-2. The fourth-order valence-corrected chi connectivity index (χ4v) is 0.995. The van der Waals surface area contributed by atoms with E-state index in [2.05, 4.69) is 10.8 Å². The first-order valence-electron chi connectivity index (χ1n) is 2.16. The maximum Gasteiger partial charge on any atom is 0 e. The van der Waals surface area contributed by atoms with Gasteiger partial charge in [0, 0.05) is 164 Å². The summed E-state index contributed by atoms with van der Waals surface area (Å²) in [4.78, 5) is 0. The summed E-state index contributed by atoms with van der Waals surface area (Å²) >= 11 is 1.52. The van der Waals surface area contributed by atoms with E-state index in [9.17, 15) is 0 Å². The van der Waals surface area contributed by atoms with E-state index in [4.69, 9.17) is 0 Å². The zero-order chi connectivity index (χ0) is 5.28. The average molecular weight is 555 g/mol. The molecular weight excluding hydrogens is 549 g/mol. The maximum atomic E-state index is 3.05. The van der Waals surface area contributed by atoms with E-state index < -0.39 is 0 Å². The Morgan fingerprint density at radius 3 is 1.08 bits per heavy atom. The Kier molecular flexibility index (Phi) is 47.0. The first kappa shape index (κ1) is 30.3. The number of hydrogen-bond donors (Lipinski definition) is 0. The van der Waals surface area contributed by atoms with Crippen LogP contribution < -0.4 is 0 Å². The number of hydrogen-bond acceptors (Lipinski definition) is 1. The number of aryl methyl sites for hydroxylation is 2. The molecule has 5 radical (unpaired) electrons. The summed E-state index contributed by atoms with van der Waals surface area (Å²) in [6.07, 6.45) is 0. The third kappa shape index (κ3) is 13.3. The van der Waals surface area contributed by atoms with Gasteiger partial charge in [-0.05, 0) is 0 Å². The fraction of sp³-hybridized carbons (Fsp3) is 0.333. The van der Waals surface area contributed by atoms with E-state index in [1.54, 1.807) is 0 Å². The van der Waals surface area contributed by atoms with Crippen LogP contribution in [0.25, 0.3) is 0 Å². The van der Waals surface area contributed by atoms with E-state index in [1.807, 2.05) is 13.8 Å². The Morgan fingerprint density at radius 1 is 0.750 bits per heavy atom. The van der Waals surface area contributed by atoms with Gasteiger partial charge in [0.1, 0.15) is 0 Å². The van der Waals surface area contributed by atoms with Gasteiger partial charge in [-0.3, -0.25) is 10.9 Å². The molecule has 0 aliphatic carbocycles. The normalized spacial score (nSPS) is 5.50. The summed E-state index contributed by atoms with van der Waals surface area (Å²) in [5, 5.41) is 6.11. The van der Waals surface area contributed by atoms with Crippen molar-refractivity contribution < 1.29 is 164 Å². The fourth-order valence-electron chi connectivity index (χ4n) is 0.332. The van der Waals surface area contributed by atoms with E-state index in [0.717, 1.165) is 0 Å². The zero-order valence-electron chi connectivity index (χ0n) is 7.29. The molecule has 0 fully saturated rings. The largest absolute Gasteiger partial charge is 0.474 e. The number of thiophene rings is 1. The summed E-state index contributed by atoms with van der Waals surface area (Å²) < 4.78 is 0. The monoisotopic (exact) mass is 555 g/mol. The van der Waals surface area contributed by atoms with Crippen LogP contribution in [0.2, 0.25) is 0 Å². The molecule has 0 saturated carbocycles. The second-order valence-electron chi connectivity index (χ2n) is 1.56. The van der Waals surface area contributed by atoms with Crippen LogP contribution in [-0.4, -0.2) is 0 Å². The second kappa shape index (κ2) is 18.6. The topological polar surface area (TPSA) is 0 Å². The predicted molar refractivity (Wildman–Crippen MR) is 31.5 cm³/mol. The Morgan fingerprint density at radius 2 is 1.00 bits per heavy atom. The Hall–Kier alpha value is 5.22. The van der Waals surface area contributed by atoms with E-state index in [1.165, 1.54) is 22.5 Å². The van der Waals surface area contributed by atoms with E-state index in [-0.39, 0.29) is 164 Å². The van der Waals surface area contributed by atoms with Crippen LogP contribution >= 0.6 is 11.3 Å². The minimum absolute atomic E-state index is 0. The molecule has 0 amide bonds. The van der Waals surface area contributed by atoms with Crippen LogP contribution in [0.5, 0.6) is 0 Å². The van der Waals surface area contributed by atoms with Crippen molar-refractivity contribution >= 4 is 11.3 Å². The summed E-state index contributed by atoms with van der Waals surface area (Å²) in [5.41, 5.74) is 2.45. The molecule has 1 aromatic rings. The minimum Gasteiger partial charge on any atom is -0.474 e. The van der Waals surface area contributed by atoms with Gasteiger partial charge < -0.3 is 22.3 Å². The SMILES string of the molecule is Cc1[c-]s[c-]c1C.[Y].[Y].[Y].[Y].[Y]. The van der Waals surface area contributed by atoms with Gasteiger partial charge in [0.2, 0.25) is 0 Å². The van der Waals surface area contributed by atoms with Gasteiger partial charge in [-0.1, -0.05) is 6.92 Å². The van der Waals surface area contributed by atoms with Crippen molar-refractivity contribution in [2.75, 3.05) is 0 Å². The van der Waals surface area contributed by atoms with Crippen LogP contribution in [0.1, 0.15) is 11.1 Å². The third-order valence-corrected chi connectivity index (χ3v) is 1.79. The molecule has 0 aromatic carbocycles. The molecule has 1 heterocycles. The molecule has 0 N–H and O–H groups in total. The second-order valence-corrected chi connectivity index (χ2v) is 2.17. The molecule has 0 atom stereocenters. The molecule has 1 aromatic heterocycles. The van der Waals surface area contributed by atoms with Crippen LogP contribution in [0.3, 0.4) is 0 Å². The summed E-state index contributed by atoms with van der Waals surface area (Å²) in [5.74, 6) is 0.